The van der Waals surface area contributed by atoms with Crippen LogP contribution >= 0.6 is 0 Å². The molecule has 0 radical (unpaired) electrons. The molecule has 1 unspecified atom stereocenters. The molecule has 4 nitrogen and oxygen atoms in total. The van der Waals surface area contributed by atoms with Crippen LogP contribution in [-0.4, -0.2) is 47.2 Å². The van der Waals surface area contributed by atoms with Crippen molar-refractivity contribution in [3.8, 4) is 0 Å². The van der Waals surface area contributed by atoms with Gasteiger partial charge in [-0.2, -0.15) is 13.2 Å². The summed E-state index contributed by atoms with van der Waals surface area (Å²) in [6.07, 6.45) is -0.254. The molecule has 2 rings (SSSR count). The van der Waals surface area contributed by atoms with Crippen LogP contribution < -0.4 is 5.32 Å². The smallest absolute Gasteiger partial charge is 0.370 e. The number of nitrogens with one attached hydrogen (secondary N) is 1. The van der Waals surface area contributed by atoms with Gasteiger partial charge in [-0.05, 0) is 24.9 Å². The molecule has 0 amide bonds. The van der Waals surface area contributed by atoms with Crippen LogP contribution in [0.25, 0.3) is 0 Å². The molecule has 0 bridgehead atoms. The highest BCUT2D eigenvalue weighted by atomic mass is 19.4. The summed E-state index contributed by atoms with van der Waals surface area (Å²) in [4.78, 5) is 9.25. The summed E-state index contributed by atoms with van der Waals surface area (Å²) in [5.41, 5.74) is 0. The Balaban J connectivity index is 1.73. The molecule has 1 aromatic heterocycles. The van der Waals surface area contributed by atoms with Gasteiger partial charge in [-0.1, -0.05) is 0 Å². The Bertz CT molecular complexity index is 368. The van der Waals surface area contributed by atoms with Crippen molar-refractivity contribution >= 4 is 5.82 Å². The zero-order chi connectivity index (χ0) is 13.0. The van der Waals surface area contributed by atoms with Gasteiger partial charge in [-0.15, -0.1) is 0 Å². The Kier molecular flexibility index (Phi) is 4.00. The Hall–Kier alpha value is -1.37. The Morgan fingerprint density at radius 1 is 1.44 bits per heavy atom. The first-order valence-corrected chi connectivity index (χ1v) is 5.82. The molecule has 1 aromatic rings. The number of aromatic nitrogens is 2. The standard InChI is InChI=1S/C11H15F3N4/c12-11(13,14)7-18-4-2-9(6-18)5-16-10-1-3-15-8-17-10/h1,3,8-9H,2,4-7H2,(H,15,16,17). The summed E-state index contributed by atoms with van der Waals surface area (Å²) >= 11 is 0. The minimum Gasteiger partial charge on any atom is -0.370 e. The van der Waals surface area contributed by atoms with E-state index in [-0.39, 0.29) is 5.92 Å². The first-order valence-electron chi connectivity index (χ1n) is 5.82. The molecule has 0 aliphatic carbocycles. The third kappa shape index (κ3) is 4.14. The van der Waals surface area contributed by atoms with E-state index in [0.717, 1.165) is 6.42 Å². The minimum absolute atomic E-state index is 0.238. The van der Waals surface area contributed by atoms with Crippen molar-refractivity contribution in [3.63, 3.8) is 0 Å². The normalized spacial score (nSPS) is 21.2. The van der Waals surface area contributed by atoms with Crippen LogP contribution in [0.3, 0.4) is 0 Å². The summed E-state index contributed by atoms with van der Waals surface area (Å²) in [6, 6.07) is 1.74. The summed E-state index contributed by atoms with van der Waals surface area (Å²) in [5.74, 6) is 0.946. The van der Waals surface area contributed by atoms with E-state index >= 15 is 0 Å². The maximum absolute atomic E-state index is 12.2. The van der Waals surface area contributed by atoms with Crippen LogP contribution in [-0.2, 0) is 0 Å². The number of anilines is 1. The van der Waals surface area contributed by atoms with Gasteiger partial charge in [-0.25, -0.2) is 9.97 Å². The predicted molar refractivity (Wildman–Crippen MR) is 61.1 cm³/mol. The maximum atomic E-state index is 12.2. The van der Waals surface area contributed by atoms with E-state index in [1.807, 2.05) is 0 Å². The molecular formula is C11H15F3N4. The van der Waals surface area contributed by atoms with Gasteiger partial charge in [0.05, 0.1) is 6.54 Å². The maximum Gasteiger partial charge on any atom is 0.401 e. The molecule has 0 spiro atoms. The Morgan fingerprint density at radius 3 is 2.94 bits per heavy atom. The number of rotatable bonds is 4. The van der Waals surface area contributed by atoms with Crippen LogP contribution in [0.5, 0.6) is 0 Å². The first kappa shape index (κ1) is 13.1. The lowest BCUT2D eigenvalue weighted by molar-refractivity contribution is -0.143. The molecule has 1 aliphatic rings. The van der Waals surface area contributed by atoms with Crippen molar-refractivity contribution in [2.24, 2.45) is 5.92 Å². The zero-order valence-corrected chi connectivity index (χ0v) is 9.82. The topological polar surface area (TPSA) is 41.0 Å². The fraction of sp³-hybridized carbons (Fsp3) is 0.636. The minimum atomic E-state index is -4.10. The van der Waals surface area contributed by atoms with E-state index < -0.39 is 12.7 Å². The molecule has 2 heterocycles. The second-order valence-corrected chi connectivity index (χ2v) is 4.48. The Morgan fingerprint density at radius 2 is 2.28 bits per heavy atom. The van der Waals surface area contributed by atoms with Crippen LogP contribution in [0.2, 0.25) is 0 Å². The predicted octanol–water partition coefficient (Wildman–Crippen LogP) is 1.77. The van der Waals surface area contributed by atoms with Gasteiger partial charge < -0.3 is 5.32 Å². The first-order chi connectivity index (χ1) is 8.53. The molecule has 1 atom stereocenters. The monoisotopic (exact) mass is 260 g/mol. The molecule has 0 aromatic carbocycles. The van der Waals surface area contributed by atoms with Crippen molar-refractivity contribution in [1.82, 2.24) is 14.9 Å². The van der Waals surface area contributed by atoms with E-state index in [4.69, 9.17) is 0 Å². The van der Waals surface area contributed by atoms with Gasteiger partial charge in [0.1, 0.15) is 12.1 Å². The molecule has 7 heteroatoms. The number of nitrogens with zero attached hydrogens (tertiary/aromatic N) is 3. The van der Waals surface area contributed by atoms with Gasteiger partial charge in [0, 0.05) is 19.3 Å². The van der Waals surface area contributed by atoms with Gasteiger partial charge in [-0.3, -0.25) is 4.90 Å². The molecule has 100 valence electrons. The molecule has 0 saturated carbocycles. The van der Waals surface area contributed by atoms with Crippen molar-refractivity contribution in [2.75, 3.05) is 31.5 Å². The number of hydrogen-bond donors (Lipinski definition) is 1. The van der Waals surface area contributed by atoms with Crippen LogP contribution in [0.15, 0.2) is 18.6 Å². The highest BCUT2D eigenvalue weighted by molar-refractivity contribution is 5.31. The molecule has 1 saturated heterocycles. The summed E-state index contributed by atoms with van der Waals surface area (Å²) in [5, 5.41) is 3.11. The van der Waals surface area contributed by atoms with Crippen LogP contribution in [0.4, 0.5) is 19.0 Å². The van der Waals surface area contributed by atoms with Crippen molar-refractivity contribution in [3.05, 3.63) is 18.6 Å². The summed E-state index contributed by atoms with van der Waals surface area (Å²) in [7, 11) is 0. The van der Waals surface area contributed by atoms with Gasteiger partial charge in [0.15, 0.2) is 0 Å². The van der Waals surface area contributed by atoms with Crippen molar-refractivity contribution in [1.29, 1.82) is 0 Å². The number of alkyl halides is 3. The quantitative estimate of drug-likeness (QED) is 0.895. The third-order valence-electron chi connectivity index (χ3n) is 2.93. The summed E-state index contributed by atoms with van der Waals surface area (Å²) < 4.78 is 36.6. The number of likely N-dealkylation sites (tertiary alicyclic amines) is 1. The average Bonchev–Trinajstić information content (AvgIpc) is 2.73. The van der Waals surface area contributed by atoms with E-state index in [0.29, 0.717) is 25.5 Å². The van der Waals surface area contributed by atoms with Gasteiger partial charge in [0.25, 0.3) is 0 Å². The van der Waals surface area contributed by atoms with Gasteiger partial charge >= 0.3 is 6.18 Å². The van der Waals surface area contributed by atoms with E-state index in [1.165, 1.54) is 11.2 Å². The highest BCUT2D eigenvalue weighted by Crippen LogP contribution is 2.22. The van der Waals surface area contributed by atoms with Gasteiger partial charge in [0.2, 0.25) is 0 Å². The summed E-state index contributed by atoms with van der Waals surface area (Å²) in [6.45, 7) is 0.829. The SMILES string of the molecule is FC(F)(F)CN1CCC(CNc2ccncn2)C1. The lowest BCUT2D eigenvalue weighted by atomic mass is 10.1. The van der Waals surface area contributed by atoms with E-state index in [2.05, 4.69) is 15.3 Å². The third-order valence-corrected chi connectivity index (χ3v) is 2.93. The van der Waals surface area contributed by atoms with Crippen molar-refractivity contribution in [2.45, 2.75) is 12.6 Å². The Labute approximate surface area is 103 Å². The largest absolute Gasteiger partial charge is 0.401 e. The highest BCUT2D eigenvalue weighted by Gasteiger charge is 2.34. The number of hydrogen-bond acceptors (Lipinski definition) is 4. The molecule has 1 aliphatic heterocycles. The van der Waals surface area contributed by atoms with Crippen molar-refractivity contribution < 1.29 is 13.2 Å². The lowest BCUT2D eigenvalue weighted by Crippen LogP contribution is -2.33. The van der Waals surface area contributed by atoms with Crippen LogP contribution in [0, 0.1) is 5.92 Å². The molecule has 18 heavy (non-hydrogen) atoms. The fourth-order valence-electron chi connectivity index (χ4n) is 2.12. The molecular weight excluding hydrogens is 245 g/mol. The molecule has 1 N–H and O–H groups in total. The average molecular weight is 260 g/mol. The second-order valence-electron chi connectivity index (χ2n) is 4.48. The number of halogens is 3. The van der Waals surface area contributed by atoms with Crippen LogP contribution in [0.1, 0.15) is 6.42 Å². The van der Waals surface area contributed by atoms with E-state index in [1.54, 1.807) is 12.3 Å². The van der Waals surface area contributed by atoms with E-state index in [9.17, 15) is 13.2 Å². The fourth-order valence-corrected chi connectivity index (χ4v) is 2.12. The second kappa shape index (κ2) is 5.51. The zero-order valence-electron chi connectivity index (χ0n) is 9.82. The lowest BCUT2D eigenvalue weighted by Gasteiger charge is -2.18. The molecule has 1 fully saturated rings.